The molecule has 0 saturated heterocycles. The minimum Gasteiger partial charge on any atom is -0.294 e. The van der Waals surface area contributed by atoms with Gasteiger partial charge in [0.2, 0.25) is 0 Å². The van der Waals surface area contributed by atoms with Crippen molar-refractivity contribution in [1.82, 2.24) is 9.55 Å². The van der Waals surface area contributed by atoms with E-state index in [0.717, 1.165) is 15.6 Å². The summed E-state index contributed by atoms with van der Waals surface area (Å²) in [7, 11) is 0. The van der Waals surface area contributed by atoms with Crippen LogP contribution in [0.1, 0.15) is 31.3 Å². The van der Waals surface area contributed by atoms with Gasteiger partial charge in [0.05, 0.1) is 5.69 Å². The molecule has 0 aliphatic carbocycles. The molecular formula is C14H15Cl2FN2S. The molecule has 0 bridgehead atoms. The second-order valence-corrected chi connectivity index (χ2v) is 6.69. The highest BCUT2D eigenvalue weighted by Crippen LogP contribution is 2.36. The van der Waals surface area contributed by atoms with E-state index >= 15 is 0 Å². The van der Waals surface area contributed by atoms with E-state index in [1.807, 2.05) is 26.0 Å². The fourth-order valence-corrected chi connectivity index (χ4v) is 3.82. The smallest absolute Gasteiger partial charge is 0.167 e. The lowest BCUT2D eigenvalue weighted by Gasteiger charge is -2.10. The molecule has 20 heavy (non-hydrogen) atoms. The first-order chi connectivity index (χ1) is 9.42. The molecule has 2 nitrogen and oxygen atoms in total. The maximum Gasteiger partial charge on any atom is 0.167 e. The molecule has 0 saturated carbocycles. The van der Waals surface area contributed by atoms with Gasteiger partial charge in [-0.1, -0.05) is 48.8 Å². The number of aromatic nitrogens is 2. The zero-order valence-corrected chi connectivity index (χ0v) is 13.8. The normalized spacial score (nSPS) is 11.3. The van der Waals surface area contributed by atoms with Gasteiger partial charge in [-0.15, -0.1) is 0 Å². The van der Waals surface area contributed by atoms with Crippen LogP contribution in [-0.2, 0) is 6.80 Å². The van der Waals surface area contributed by atoms with Crippen molar-refractivity contribution < 1.29 is 4.39 Å². The monoisotopic (exact) mass is 332 g/mol. The third-order valence-corrected chi connectivity index (χ3v) is 4.38. The van der Waals surface area contributed by atoms with Gasteiger partial charge in [0.1, 0.15) is 10.9 Å². The van der Waals surface area contributed by atoms with Crippen LogP contribution in [-0.4, -0.2) is 9.55 Å². The summed E-state index contributed by atoms with van der Waals surface area (Å²) in [6.45, 7) is 5.29. The van der Waals surface area contributed by atoms with Gasteiger partial charge >= 0.3 is 0 Å². The number of benzene rings is 1. The fourth-order valence-electron chi connectivity index (χ4n) is 1.89. The Bertz CT molecular complexity index is 606. The largest absolute Gasteiger partial charge is 0.294 e. The Kier molecular flexibility index (Phi) is 4.99. The predicted octanol–water partition coefficient (Wildman–Crippen LogP) is 5.70. The van der Waals surface area contributed by atoms with Crippen LogP contribution in [0.4, 0.5) is 4.39 Å². The Morgan fingerprint density at radius 2 is 1.85 bits per heavy atom. The minimum absolute atomic E-state index is 0.221. The number of aryl methyl sites for hydroxylation is 1. The summed E-state index contributed by atoms with van der Waals surface area (Å²) in [4.78, 5) is 5.33. The molecule has 6 heteroatoms. The molecule has 2 rings (SSSR count). The summed E-state index contributed by atoms with van der Waals surface area (Å²) in [6.07, 6.45) is 0. The molecule has 0 fully saturated rings. The summed E-state index contributed by atoms with van der Waals surface area (Å²) in [6, 6.07) is 5.30. The average Bonchev–Trinajstić information content (AvgIpc) is 2.64. The highest BCUT2D eigenvalue weighted by molar-refractivity contribution is 7.99. The van der Waals surface area contributed by atoms with E-state index in [1.165, 1.54) is 11.8 Å². The first-order valence-electron chi connectivity index (χ1n) is 6.19. The van der Waals surface area contributed by atoms with Gasteiger partial charge < -0.3 is 0 Å². The lowest BCUT2D eigenvalue weighted by Crippen LogP contribution is -1.98. The van der Waals surface area contributed by atoms with Crippen LogP contribution >= 0.6 is 35.0 Å². The molecule has 1 aromatic heterocycles. The molecule has 0 unspecified atom stereocenters. The average molecular weight is 333 g/mol. The molecule has 0 aliphatic heterocycles. The third-order valence-electron chi connectivity index (χ3n) is 2.85. The molecule has 2 aromatic rings. The molecule has 108 valence electrons. The number of rotatable bonds is 4. The summed E-state index contributed by atoms with van der Waals surface area (Å²) in [5.74, 6) is 0.894. The Morgan fingerprint density at radius 3 is 2.35 bits per heavy atom. The van der Waals surface area contributed by atoms with Crippen LogP contribution in [0.5, 0.6) is 0 Å². The SMILES string of the molecule is Cc1nc(C(C)C)c(Sc2cc(Cl)cc(Cl)c2)n1CF. The van der Waals surface area contributed by atoms with Crippen molar-refractivity contribution in [3.63, 3.8) is 0 Å². The first kappa shape index (κ1) is 15.7. The minimum atomic E-state index is -0.595. The second kappa shape index (κ2) is 6.37. The molecule has 0 spiro atoms. The van der Waals surface area contributed by atoms with E-state index < -0.39 is 6.80 Å². The summed E-state index contributed by atoms with van der Waals surface area (Å²) in [5.41, 5.74) is 0.890. The van der Waals surface area contributed by atoms with Crippen molar-refractivity contribution in [2.24, 2.45) is 0 Å². The van der Waals surface area contributed by atoms with E-state index in [0.29, 0.717) is 15.9 Å². The molecular weight excluding hydrogens is 318 g/mol. The Hall–Kier alpha value is -0.710. The number of hydrogen-bond donors (Lipinski definition) is 0. The van der Waals surface area contributed by atoms with Crippen LogP contribution in [0.25, 0.3) is 0 Å². The quantitative estimate of drug-likeness (QED) is 0.714. The van der Waals surface area contributed by atoms with E-state index in [1.54, 1.807) is 17.6 Å². The molecule has 0 amide bonds. The van der Waals surface area contributed by atoms with Crippen molar-refractivity contribution in [1.29, 1.82) is 0 Å². The molecule has 0 aliphatic rings. The summed E-state index contributed by atoms with van der Waals surface area (Å²) < 4.78 is 14.8. The third kappa shape index (κ3) is 3.30. The van der Waals surface area contributed by atoms with Gasteiger partial charge in [-0.05, 0) is 31.0 Å². The van der Waals surface area contributed by atoms with Gasteiger partial charge in [-0.3, -0.25) is 4.57 Å². The van der Waals surface area contributed by atoms with Crippen molar-refractivity contribution in [2.45, 2.75) is 43.4 Å². The summed E-state index contributed by atoms with van der Waals surface area (Å²) in [5, 5.41) is 1.93. The molecule has 0 radical (unpaired) electrons. The van der Waals surface area contributed by atoms with Crippen LogP contribution in [0, 0.1) is 6.92 Å². The standard InChI is InChI=1S/C14H15Cl2FN2S/c1-8(2)13-14(19(7-17)9(3)18-13)20-12-5-10(15)4-11(16)6-12/h4-6,8H,7H2,1-3H3. The highest BCUT2D eigenvalue weighted by Gasteiger charge is 2.18. The summed E-state index contributed by atoms with van der Waals surface area (Å²) >= 11 is 13.4. The Labute approximate surface area is 132 Å². The lowest BCUT2D eigenvalue weighted by molar-refractivity contribution is 0.354. The highest BCUT2D eigenvalue weighted by atomic mass is 35.5. The number of alkyl halides is 1. The molecule has 0 N–H and O–H groups in total. The first-order valence-corrected chi connectivity index (χ1v) is 7.76. The maximum atomic E-state index is 13.2. The topological polar surface area (TPSA) is 17.8 Å². The van der Waals surface area contributed by atoms with Gasteiger partial charge in [0.15, 0.2) is 6.80 Å². The number of nitrogens with zero attached hydrogens (tertiary/aromatic N) is 2. The van der Waals surface area contributed by atoms with Gasteiger partial charge in [0.25, 0.3) is 0 Å². The van der Waals surface area contributed by atoms with E-state index in [9.17, 15) is 4.39 Å². The maximum absolute atomic E-state index is 13.2. The molecule has 0 atom stereocenters. The van der Waals surface area contributed by atoms with Crippen LogP contribution in [0.2, 0.25) is 10.0 Å². The van der Waals surface area contributed by atoms with E-state index in [-0.39, 0.29) is 5.92 Å². The second-order valence-electron chi connectivity index (χ2n) is 4.76. The predicted molar refractivity (Wildman–Crippen MR) is 82.7 cm³/mol. The molecule has 1 heterocycles. The van der Waals surface area contributed by atoms with Crippen molar-refractivity contribution in [3.05, 3.63) is 39.8 Å². The van der Waals surface area contributed by atoms with Gasteiger partial charge in [0, 0.05) is 14.9 Å². The Balaban J connectivity index is 2.46. The zero-order valence-electron chi connectivity index (χ0n) is 11.5. The van der Waals surface area contributed by atoms with Crippen molar-refractivity contribution >= 4 is 35.0 Å². The number of hydrogen-bond acceptors (Lipinski definition) is 2. The lowest BCUT2D eigenvalue weighted by atomic mass is 10.2. The number of halogens is 3. The van der Waals surface area contributed by atoms with Crippen LogP contribution < -0.4 is 0 Å². The van der Waals surface area contributed by atoms with Crippen molar-refractivity contribution in [2.75, 3.05) is 0 Å². The van der Waals surface area contributed by atoms with Gasteiger partial charge in [-0.25, -0.2) is 9.37 Å². The van der Waals surface area contributed by atoms with E-state index in [2.05, 4.69) is 4.98 Å². The van der Waals surface area contributed by atoms with Crippen LogP contribution in [0.3, 0.4) is 0 Å². The molecule has 1 aromatic carbocycles. The van der Waals surface area contributed by atoms with Crippen LogP contribution in [0.15, 0.2) is 28.1 Å². The van der Waals surface area contributed by atoms with Crippen molar-refractivity contribution in [3.8, 4) is 0 Å². The number of imidazole rings is 1. The zero-order chi connectivity index (χ0) is 14.9. The van der Waals surface area contributed by atoms with E-state index in [4.69, 9.17) is 23.2 Å². The Morgan fingerprint density at radius 1 is 1.25 bits per heavy atom. The van der Waals surface area contributed by atoms with Gasteiger partial charge in [-0.2, -0.15) is 0 Å². The fraction of sp³-hybridized carbons (Fsp3) is 0.357.